The molecule has 0 bridgehead atoms. The first kappa shape index (κ1) is 25.6. The van der Waals surface area contributed by atoms with E-state index >= 15 is 0 Å². The summed E-state index contributed by atoms with van der Waals surface area (Å²) in [5.41, 5.74) is 3.60. The van der Waals surface area contributed by atoms with Gasteiger partial charge < -0.3 is 19.7 Å². The van der Waals surface area contributed by atoms with Crippen molar-refractivity contribution in [3.63, 3.8) is 0 Å². The van der Waals surface area contributed by atoms with Crippen LogP contribution in [0, 0.1) is 0 Å². The molecule has 0 spiro atoms. The van der Waals surface area contributed by atoms with E-state index in [2.05, 4.69) is 54.4 Å². The van der Waals surface area contributed by atoms with Crippen molar-refractivity contribution >= 4 is 11.9 Å². The topological polar surface area (TPSA) is 96.3 Å². The van der Waals surface area contributed by atoms with Crippen molar-refractivity contribution in [1.29, 1.82) is 0 Å². The van der Waals surface area contributed by atoms with Crippen LogP contribution in [-0.4, -0.2) is 60.5 Å². The van der Waals surface area contributed by atoms with Crippen LogP contribution in [0.1, 0.15) is 5.56 Å². The molecular weight excluding hydrogens is 422 g/mol. The molecule has 0 aromatic heterocycles. The minimum atomic E-state index is -1.82. The molecule has 0 amide bonds. The number of carboxylic acids is 2. The monoisotopic (exact) mass is 451 g/mol. The van der Waals surface area contributed by atoms with E-state index in [1.807, 2.05) is 42.5 Å². The van der Waals surface area contributed by atoms with Gasteiger partial charge >= 0.3 is 11.9 Å². The van der Waals surface area contributed by atoms with Crippen molar-refractivity contribution in [3.05, 3.63) is 90.5 Å². The average molecular weight is 452 g/mol. The molecule has 0 saturated heterocycles. The first-order chi connectivity index (χ1) is 16.0. The van der Waals surface area contributed by atoms with Crippen LogP contribution in [0.15, 0.2) is 84.9 Å². The summed E-state index contributed by atoms with van der Waals surface area (Å²) in [4.78, 5) is 20.5. The highest BCUT2D eigenvalue weighted by molar-refractivity contribution is 6.27. The Morgan fingerprint density at radius 3 is 1.97 bits per heavy atom. The Hall–Kier alpha value is -3.68. The molecule has 174 valence electrons. The zero-order valence-electron chi connectivity index (χ0n) is 18.6. The molecule has 0 heterocycles. The van der Waals surface area contributed by atoms with Crippen LogP contribution in [0.2, 0.25) is 0 Å². The number of rotatable bonds is 10. The lowest BCUT2D eigenvalue weighted by molar-refractivity contribution is -0.159. The van der Waals surface area contributed by atoms with E-state index in [1.165, 1.54) is 5.56 Å². The lowest BCUT2D eigenvalue weighted by Crippen LogP contribution is -2.23. The van der Waals surface area contributed by atoms with Gasteiger partial charge in [-0.25, -0.2) is 9.59 Å². The van der Waals surface area contributed by atoms with Crippen LogP contribution >= 0.6 is 0 Å². The highest BCUT2D eigenvalue weighted by Gasteiger charge is 2.05. The Balaban J connectivity index is 0.000000569. The predicted octanol–water partition coefficient (Wildman–Crippen LogP) is 4.04. The highest BCUT2D eigenvalue weighted by Crippen LogP contribution is 2.29. The molecule has 0 aliphatic rings. The fourth-order valence-corrected chi connectivity index (χ4v) is 2.96. The molecule has 7 nitrogen and oxygen atoms in total. The maximum Gasteiger partial charge on any atom is 0.414 e. The largest absolute Gasteiger partial charge is 0.491 e. The third-order valence-corrected chi connectivity index (χ3v) is 4.55. The summed E-state index contributed by atoms with van der Waals surface area (Å²) < 4.78 is 11.7. The average Bonchev–Trinajstić information content (AvgIpc) is 2.83. The molecular formula is C26H29NO6. The number of ether oxygens (including phenoxy) is 2. The van der Waals surface area contributed by atoms with Gasteiger partial charge in [-0.15, -0.1) is 0 Å². The third-order valence-electron chi connectivity index (χ3n) is 4.55. The molecule has 3 rings (SSSR count). The van der Waals surface area contributed by atoms with Gasteiger partial charge in [-0.2, -0.15) is 0 Å². The molecule has 7 heteroatoms. The number of hydrogen-bond acceptors (Lipinski definition) is 5. The summed E-state index contributed by atoms with van der Waals surface area (Å²) in [6.45, 7) is 3.67. The summed E-state index contributed by atoms with van der Waals surface area (Å²) in [5, 5.41) is 14.8. The van der Waals surface area contributed by atoms with Gasteiger partial charge in [0.2, 0.25) is 0 Å². The summed E-state index contributed by atoms with van der Waals surface area (Å²) in [7, 11) is 2.11. The second kappa shape index (κ2) is 14.4. The summed E-state index contributed by atoms with van der Waals surface area (Å²) in [6.07, 6.45) is 0. The SMILES string of the molecule is CN(CCOCCOc1ccccc1-c1ccccc1)Cc1ccccc1.O=C(O)C(=O)O. The lowest BCUT2D eigenvalue weighted by atomic mass is 10.1. The molecule has 0 radical (unpaired) electrons. The molecule has 3 aromatic rings. The van der Waals surface area contributed by atoms with Crippen LogP contribution in [0.3, 0.4) is 0 Å². The van der Waals surface area contributed by atoms with Crippen molar-refractivity contribution in [3.8, 4) is 16.9 Å². The third kappa shape index (κ3) is 9.99. The number of para-hydroxylation sites is 1. The number of carbonyl (C=O) groups is 2. The quantitative estimate of drug-likeness (QED) is 0.355. The van der Waals surface area contributed by atoms with Crippen LogP contribution in [0.5, 0.6) is 5.75 Å². The molecule has 0 fully saturated rings. The van der Waals surface area contributed by atoms with E-state index in [1.54, 1.807) is 0 Å². The van der Waals surface area contributed by atoms with Crippen molar-refractivity contribution < 1.29 is 29.3 Å². The molecule has 0 unspecified atom stereocenters. The van der Waals surface area contributed by atoms with E-state index in [0.717, 1.165) is 30.0 Å². The van der Waals surface area contributed by atoms with Crippen LogP contribution in [0.4, 0.5) is 0 Å². The second-order valence-electron chi connectivity index (χ2n) is 7.16. The first-order valence-electron chi connectivity index (χ1n) is 10.5. The summed E-state index contributed by atoms with van der Waals surface area (Å²) in [6, 6.07) is 28.9. The van der Waals surface area contributed by atoms with Gasteiger partial charge in [-0.1, -0.05) is 78.9 Å². The van der Waals surface area contributed by atoms with E-state index in [0.29, 0.717) is 19.8 Å². The minimum Gasteiger partial charge on any atom is -0.491 e. The Kier molecular flexibility index (Phi) is 11.2. The second-order valence-corrected chi connectivity index (χ2v) is 7.16. The zero-order valence-corrected chi connectivity index (χ0v) is 18.6. The maximum atomic E-state index is 9.10. The van der Waals surface area contributed by atoms with Gasteiger partial charge in [0.25, 0.3) is 0 Å². The van der Waals surface area contributed by atoms with E-state index in [-0.39, 0.29) is 0 Å². The van der Waals surface area contributed by atoms with Crippen molar-refractivity contribution in [2.75, 3.05) is 33.4 Å². The predicted molar refractivity (Wildman–Crippen MR) is 126 cm³/mol. The van der Waals surface area contributed by atoms with E-state index in [9.17, 15) is 0 Å². The molecule has 33 heavy (non-hydrogen) atoms. The van der Waals surface area contributed by atoms with Gasteiger partial charge in [0, 0.05) is 18.7 Å². The van der Waals surface area contributed by atoms with Gasteiger partial charge in [0.05, 0.1) is 13.2 Å². The maximum absolute atomic E-state index is 9.10. The Morgan fingerprint density at radius 2 is 1.33 bits per heavy atom. The number of carboxylic acid groups (broad SMARTS) is 2. The lowest BCUT2D eigenvalue weighted by Gasteiger charge is -2.17. The van der Waals surface area contributed by atoms with Gasteiger partial charge in [0.15, 0.2) is 0 Å². The molecule has 3 aromatic carbocycles. The minimum absolute atomic E-state index is 0.548. The van der Waals surface area contributed by atoms with Gasteiger partial charge in [-0.05, 0) is 24.2 Å². The highest BCUT2D eigenvalue weighted by atomic mass is 16.5. The van der Waals surface area contributed by atoms with Crippen molar-refractivity contribution in [2.24, 2.45) is 0 Å². The van der Waals surface area contributed by atoms with Crippen LogP contribution in [-0.2, 0) is 20.9 Å². The van der Waals surface area contributed by atoms with Crippen molar-refractivity contribution in [1.82, 2.24) is 4.90 Å². The fraction of sp³-hybridized carbons (Fsp3) is 0.231. The van der Waals surface area contributed by atoms with E-state index in [4.69, 9.17) is 29.3 Å². The molecule has 0 aliphatic heterocycles. The Bertz CT molecular complexity index is 966. The molecule has 0 atom stereocenters. The number of benzene rings is 3. The standard InChI is InChI=1S/C24H27NO2.C2H2O4/c1-25(20-21-10-4-2-5-11-21)16-17-26-18-19-27-24-15-9-8-14-23(24)22-12-6-3-7-13-22;3-1(4)2(5)6/h2-15H,16-20H2,1H3;(H,3,4)(H,5,6). The Labute approximate surface area is 193 Å². The molecule has 0 aliphatic carbocycles. The molecule has 0 saturated carbocycles. The van der Waals surface area contributed by atoms with E-state index < -0.39 is 11.9 Å². The van der Waals surface area contributed by atoms with Gasteiger partial charge in [-0.3, -0.25) is 4.90 Å². The summed E-state index contributed by atoms with van der Waals surface area (Å²) in [5.74, 6) is -2.75. The zero-order chi connectivity index (χ0) is 23.9. The van der Waals surface area contributed by atoms with Gasteiger partial charge in [0.1, 0.15) is 12.4 Å². The number of aliphatic carboxylic acids is 2. The Morgan fingerprint density at radius 1 is 0.758 bits per heavy atom. The fourth-order valence-electron chi connectivity index (χ4n) is 2.96. The summed E-state index contributed by atoms with van der Waals surface area (Å²) >= 11 is 0. The number of nitrogens with zero attached hydrogens (tertiary/aromatic N) is 1. The van der Waals surface area contributed by atoms with Crippen molar-refractivity contribution in [2.45, 2.75) is 6.54 Å². The normalized spacial score (nSPS) is 10.2. The number of likely N-dealkylation sites (N-methyl/N-ethyl adjacent to an activating group) is 1. The van der Waals surface area contributed by atoms with Crippen LogP contribution in [0.25, 0.3) is 11.1 Å². The number of hydrogen-bond donors (Lipinski definition) is 2. The smallest absolute Gasteiger partial charge is 0.414 e. The first-order valence-corrected chi connectivity index (χ1v) is 10.5. The molecule has 2 N–H and O–H groups in total. The van der Waals surface area contributed by atoms with Crippen LogP contribution < -0.4 is 4.74 Å².